The Labute approximate surface area is 242 Å². The number of hydrogen-bond donors (Lipinski definition) is 0. The van der Waals surface area contributed by atoms with Crippen LogP contribution in [0.4, 0.5) is 0 Å². The van der Waals surface area contributed by atoms with Gasteiger partial charge in [-0.2, -0.15) is 0 Å². The molecule has 0 saturated heterocycles. The number of rotatable bonds is 20. The van der Waals surface area contributed by atoms with Gasteiger partial charge in [0.05, 0.1) is 24.0 Å². The number of carbonyl (C=O) groups is 2. The summed E-state index contributed by atoms with van der Waals surface area (Å²) in [6.45, 7) is 8.45. The van der Waals surface area contributed by atoms with Crippen LogP contribution in [0, 0.1) is 0 Å². The van der Waals surface area contributed by atoms with Crippen LogP contribution in [0.15, 0.2) is 58.3 Å². The van der Waals surface area contributed by atoms with Crippen molar-refractivity contribution in [1.82, 2.24) is 0 Å². The summed E-state index contributed by atoms with van der Waals surface area (Å²) in [4.78, 5) is 26.0. The average molecular weight is 575 g/mol. The molecule has 7 nitrogen and oxygen atoms in total. The molecule has 0 aliphatic carbocycles. The average Bonchev–Trinajstić information content (AvgIpc) is 2.97. The standard InChI is InChI=1S/C32H46O7S/c1-5-9-11-13-15-29(31(33)36-7-3)38-25-17-21-27(22-18-25)40(35)28-23-19-26(20-24-28)39-30(32(34)37-8-4)16-14-12-10-6-2/h17-24,29-30H,5-16H2,1-4H3. The molecule has 2 aromatic rings. The first kappa shape index (κ1) is 33.3. The molecule has 0 radical (unpaired) electrons. The molecule has 0 N–H and O–H groups in total. The van der Waals surface area contributed by atoms with Crippen molar-refractivity contribution in [2.24, 2.45) is 0 Å². The van der Waals surface area contributed by atoms with Gasteiger partial charge in [0.1, 0.15) is 11.5 Å². The van der Waals surface area contributed by atoms with E-state index in [0.29, 0.717) is 47.3 Å². The van der Waals surface area contributed by atoms with Gasteiger partial charge in [-0.1, -0.05) is 52.4 Å². The van der Waals surface area contributed by atoms with Crippen molar-refractivity contribution in [3.8, 4) is 11.5 Å². The highest BCUT2D eigenvalue weighted by atomic mass is 32.2. The summed E-state index contributed by atoms with van der Waals surface area (Å²) in [5.74, 6) is 0.337. The van der Waals surface area contributed by atoms with Gasteiger partial charge in [0.2, 0.25) is 0 Å². The lowest BCUT2D eigenvalue weighted by molar-refractivity contribution is -0.152. The molecular formula is C32H46O7S. The fourth-order valence-corrected chi connectivity index (χ4v) is 5.22. The Hall–Kier alpha value is -2.87. The predicted octanol–water partition coefficient (Wildman–Crippen LogP) is 7.42. The van der Waals surface area contributed by atoms with Gasteiger partial charge in [0.15, 0.2) is 12.2 Å². The molecule has 222 valence electrons. The van der Waals surface area contributed by atoms with Gasteiger partial charge in [-0.25, -0.2) is 13.8 Å². The van der Waals surface area contributed by atoms with Gasteiger partial charge >= 0.3 is 11.9 Å². The molecule has 0 bridgehead atoms. The smallest absolute Gasteiger partial charge is 0.347 e. The molecule has 0 aromatic heterocycles. The number of unbranched alkanes of at least 4 members (excludes halogenated alkanes) is 6. The zero-order chi connectivity index (χ0) is 29.2. The molecule has 2 aromatic carbocycles. The molecule has 2 rings (SSSR count). The van der Waals surface area contributed by atoms with E-state index in [1.54, 1.807) is 62.4 Å². The minimum atomic E-state index is -1.42. The van der Waals surface area contributed by atoms with Crippen molar-refractivity contribution in [2.75, 3.05) is 13.2 Å². The molecular weight excluding hydrogens is 528 g/mol. The minimum absolute atomic E-state index is 0.303. The second-order valence-corrected chi connectivity index (χ2v) is 11.1. The molecule has 0 heterocycles. The van der Waals surface area contributed by atoms with Crippen molar-refractivity contribution < 1.29 is 32.7 Å². The largest absolute Gasteiger partial charge is 0.479 e. The van der Waals surface area contributed by atoms with E-state index in [2.05, 4.69) is 13.8 Å². The van der Waals surface area contributed by atoms with E-state index in [1.165, 1.54) is 0 Å². The van der Waals surface area contributed by atoms with Crippen molar-refractivity contribution in [3.05, 3.63) is 48.5 Å². The monoisotopic (exact) mass is 574 g/mol. The van der Waals surface area contributed by atoms with Crippen LogP contribution >= 0.6 is 0 Å². The molecule has 40 heavy (non-hydrogen) atoms. The fraction of sp³-hybridized carbons (Fsp3) is 0.562. The van der Waals surface area contributed by atoms with Gasteiger partial charge in [-0.15, -0.1) is 0 Å². The molecule has 2 unspecified atom stereocenters. The van der Waals surface area contributed by atoms with Gasteiger partial charge in [-0.3, -0.25) is 0 Å². The molecule has 0 fully saturated rings. The summed E-state index contributed by atoms with van der Waals surface area (Å²) in [6, 6.07) is 13.9. The second-order valence-electron chi connectivity index (χ2n) is 9.63. The van der Waals surface area contributed by atoms with Gasteiger partial charge in [0, 0.05) is 9.79 Å². The third-order valence-electron chi connectivity index (χ3n) is 6.37. The van der Waals surface area contributed by atoms with Crippen LogP contribution in [0.25, 0.3) is 0 Å². The van der Waals surface area contributed by atoms with Crippen LogP contribution in [0.1, 0.15) is 91.9 Å². The Morgan fingerprint density at radius 2 is 0.975 bits per heavy atom. The highest BCUT2D eigenvalue weighted by Gasteiger charge is 2.23. The third kappa shape index (κ3) is 11.7. The Morgan fingerprint density at radius 3 is 1.30 bits per heavy atom. The summed E-state index contributed by atoms with van der Waals surface area (Å²) in [6.07, 6.45) is 8.20. The summed E-state index contributed by atoms with van der Waals surface area (Å²) < 4.78 is 35.5. The lowest BCUT2D eigenvalue weighted by Gasteiger charge is -2.18. The molecule has 0 aliphatic rings. The van der Waals surface area contributed by atoms with Crippen LogP contribution in [0.3, 0.4) is 0 Å². The van der Waals surface area contributed by atoms with E-state index < -0.39 is 23.0 Å². The lowest BCUT2D eigenvalue weighted by Crippen LogP contribution is -2.29. The Bertz CT molecular complexity index is 939. The molecule has 2 atom stereocenters. The summed E-state index contributed by atoms with van der Waals surface area (Å²) >= 11 is 0. The van der Waals surface area contributed by atoms with Gasteiger partial charge in [0.25, 0.3) is 0 Å². The molecule has 0 spiro atoms. The van der Waals surface area contributed by atoms with Crippen LogP contribution < -0.4 is 9.47 Å². The second kappa shape index (κ2) is 19.2. The maximum Gasteiger partial charge on any atom is 0.347 e. The first-order valence-electron chi connectivity index (χ1n) is 14.7. The van der Waals surface area contributed by atoms with E-state index in [1.807, 2.05) is 0 Å². The number of benzene rings is 2. The van der Waals surface area contributed by atoms with E-state index in [9.17, 15) is 13.8 Å². The van der Waals surface area contributed by atoms with Crippen molar-refractivity contribution in [3.63, 3.8) is 0 Å². The zero-order valence-electron chi connectivity index (χ0n) is 24.5. The first-order valence-corrected chi connectivity index (χ1v) is 15.9. The predicted molar refractivity (Wildman–Crippen MR) is 157 cm³/mol. The van der Waals surface area contributed by atoms with Gasteiger partial charge < -0.3 is 18.9 Å². The molecule has 0 saturated carbocycles. The SMILES string of the molecule is CCCCCCC(Oc1ccc(S(=O)c2ccc(OC(CCCCCC)C(=O)OCC)cc2)cc1)C(=O)OCC. The zero-order valence-corrected chi connectivity index (χ0v) is 25.3. The van der Waals surface area contributed by atoms with E-state index in [4.69, 9.17) is 18.9 Å². The summed E-state index contributed by atoms with van der Waals surface area (Å²) in [5.41, 5.74) is 0. The fourth-order valence-electron chi connectivity index (χ4n) is 4.18. The molecule has 0 aliphatic heterocycles. The topological polar surface area (TPSA) is 88.1 Å². The normalized spacial score (nSPS) is 13.2. The first-order chi connectivity index (χ1) is 19.4. The van der Waals surface area contributed by atoms with E-state index >= 15 is 0 Å². The van der Waals surface area contributed by atoms with Crippen LogP contribution in [-0.4, -0.2) is 41.6 Å². The van der Waals surface area contributed by atoms with Gasteiger partial charge in [-0.05, 0) is 88.1 Å². The Kier molecular flexibility index (Phi) is 16.0. The number of ether oxygens (including phenoxy) is 4. The molecule has 0 amide bonds. The maximum absolute atomic E-state index is 13.2. The van der Waals surface area contributed by atoms with Crippen molar-refractivity contribution in [2.45, 2.75) is 114 Å². The quantitative estimate of drug-likeness (QED) is 0.120. The Morgan fingerprint density at radius 1 is 0.600 bits per heavy atom. The van der Waals surface area contributed by atoms with E-state index in [0.717, 1.165) is 51.4 Å². The minimum Gasteiger partial charge on any atom is -0.479 e. The van der Waals surface area contributed by atoms with Crippen LogP contribution in [0.2, 0.25) is 0 Å². The number of carbonyl (C=O) groups excluding carboxylic acids is 2. The van der Waals surface area contributed by atoms with E-state index in [-0.39, 0.29) is 11.9 Å². The number of esters is 2. The highest BCUT2D eigenvalue weighted by Crippen LogP contribution is 2.24. The van der Waals surface area contributed by atoms with Crippen LogP contribution in [0.5, 0.6) is 11.5 Å². The van der Waals surface area contributed by atoms with Crippen molar-refractivity contribution >= 4 is 22.7 Å². The molecule has 8 heteroatoms. The third-order valence-corrected chi connectivity index (χ3v) is 7.77. The highest BCUT2D eigenvalue weighted by molar-refractivity contribution is 7.85. The Balaban J connectivity index is 2.02. The summed E-state index contributed by atoms with van der Waals surface area (Å²) in [7, 11) is -1.42. The number of hydrogen-bond acceptors (Lipinski definition) is 7. The van der Waals surface area contributed by atoms with Crippen molar-refractivity contribution in [1.29, 1.82) is 0 Å². The lowest BCUT2D eigenvalue weighted by atomic mass is 10.1. The van der Waals surface area contributed by atoms with Crippen LogP contribution in [-0.2, 0) is 29.9 Å². The maximum atomic E-state index is 13.2. The summed E-state index contributed by atoms with van der Waals surface area (Å²) in [5, 5.41) is 0.